The van der Waals surface area contributed by atoms with E-state index >= 15 is 0 Å². The molecule has 0 amide bonds. The molecule has 2 aromatic rings. The van der Waals surface area contributed by atoms with Crippen LogP contribution in [0.2, 0.25) is 0 Å². The lowest BCUT2D eigenvalue weighted by Gasteiger charge is -2.08. The van der Waals surface area contributed by atoms with Crippen LogP contribution < -0.4 is 4.74 Å². The van der Waals surface area contributed by atoms with Crippen molar-refractivity contribution in [2.75, 3.05) is 6.61 Å². The number of rotatable bonds is 25. The second-order valence-electron chi connectivity index (χ2n) is 11.5. The number of carbonyl (C=O) groups excluding carboxylic acids is 2. The van der Waals surface area contributed by atoms with Crippen LogP contribution in [-0.4, -0.2) is 18.2 Å². The number of hydrogen-bond donors (Lipinski definition) is 0. The summed E-state index contributed by atoms with van der Waals surface area (Å²) in [7, 11) is 0. The number of unbranched alkanes of at least 4 members (excludes halogenated alkanes) is 16. The van der Waals surface area contributed by atoms with E-state index in [0.717, 1.165) is 18.6 Å². The molecule has 2 aromatic carbocycles. The Balaban J connectivity index is 1.59. The second-order valence-corrected chi connectivity index (χ2v) is 11.5. The maximum absolute atomic E-state index is 12.7. The molecule has 0 spiro atoms. The molecule has 0 atom stereocenters. The van der Waals surface area contributed by atoms with E-state index in [1.165, 1.54) is 115 Å². The SMILES string of the molecule is CCCCCCCCCCCOc1ccc(C(=O)CC(=O)c2ccc(CCCCCCCCCCC)cc2)cc1. The van der Waals surface area contributed by atoms with Crippen molar-refractivity contribution in [2.45, 2.75) is 142 Å². The molecule has 0 radical (unpaired) electrons. The summed E-state index contributed by atoms with van der Waals surface area (Å²) in [5.41, 5.74) is 2.44. The summed E-state index contributed by atoms with van der Waals surface area (Å²) in [5, 5.41) is 0. The van der Waals surface area contributed by atoms with Crippen LogP contribution in [0, 0.1) is 0 Å². The fraction of sp³-hybridized carbons (Fsp3) is 0.622. The van der Waals surface area contributed by atoms with Crippen LogP contribution in [-0.2, 0) is 6.42 Å². The Morgan fingerprint density at radius 1 is 0.500 bits per heavy atom. The molecule has 40 heavy (non-hydrogen) atoms. The predicted octanol–water partition coefficient (Wildman–Crippen LogP) is 11.1. The van der Waals surface area contributed by atoms with Crippen LogP contribution in [0.4, 0.5) is 0 Å². The molecular weight excluding hydrogens is 492 g/mol. The van der Waals surface area contributed by atoms with Gasteiger partial charge in [-0.3, -0.25) is 9.59 Å². The van der Waals surface area contributed by atoms with E-state index in [4.69, 9.17) is 4.74 Å². The molecule has 0 aromatic heterocycles. The number of hydrogen-bond acceptors (Lipinski definition) is 3. The average molecular weight is 549 g/mol. The Morgan fingerprint density at radius 2 is 0.900 bits per heavy atom. The zero-order valence-corrected chi connectivity index (χ0v) is 25.7. The van der Waals surface area contributed by atoms with E-state index in [0.29, 0.717) is 17.7 Å². The monoisotopic (exact) mass is 548 g/mol. The molecule has 0 unspecified atom stereocenters. The maximum atomic E-state index is 12.7. The van der Waals surface area contributed by atoms with E-state index in [-0.39, 0.29) is 18.0 Å². The zero-order chi connectivity index (χ0) is 28.7. The molecule has 0 saturated carbocycles. The first-order valence-electron chi connectivity index (χ1n) is 16.5. The lowest BCUT2D eigenvalue weighted by Crippen LogP contribution is -2.09. The summed E-state index contributed by atoms with van der Waals surface area (Å²) in [6, 6.07) is 15.1. The molecule has 3 nitrogen and oxygen atoms in total. The van der Waals surface area contributed by atoms with Crippen molar-refractivity contribution in [1.29, 1.82) is 0 Å². The second kappa shape index (κ2) is 22.3. The number of ketones is 2. The summed E-state index contributed by atoms with van der Waals surface area (Å²) < 4.78 is 5.85. The molecule has 0 saturated heterocycles. The molecule has 3 heteroatoms. The number of Topliss-reactive ketones (excluding diaryl/α,β-unsaturated/α-hetero) is 2. The minimum atomic E-state index is -0.144. The van der Waals surface area contributed by atoms with Crippen molar-refractivity contribution in [3.8, 4) is 5.75 Å². The molecule has 2 rings (SSSR count). The molecule has 0 aliphatic heterocycles. The van der Waals surface area contributed by atoms with Gasteiger partial charge in [0.05, 0.1) is 13.0 Å². The van der Waals surface area contributed by atoms with Gasteiger partial charge in [-0.15, -0.1) is 0 Å². The normalized spacial score (nSPS) is 11.1. The van der Waals surface area contributed by atoms with E-state index in [1.807, 2.05) is 36.4 Å². The van der Waals surface area contributed by atoms with Crippen molar-refractivity contribution in [2.24, 2.45) is 0 Å². The Bertz CT molecular complexity index is 913. The standard InChI is InChI=1S/C37H56O3/c1-3-5-7-9-11-13-15-17-19-21-32-22-24-33(25-23-32)36(38)31-37(39)34-26-28-35(29-27-34)40-30-20-18-16-14-12-10-8-6-4-2/h22-29H,3-21,30-31H2,1-2H3. The molecular formula is C37H56O3. The molecule has 0 aliphatic rings. The minimum Gasteiger partial charge on any atom is -0.494 e. The topological polar surface area (TPSA) is 43.4 Å². The van der Waals surface area contributed by atoms with Crippen LogP contribution in [0.1, 0.15) is 162 Å². The van der Waals surface area contributed by atoms with E-state index < -0.39 is 0 Å². The first kappa shape index (κ1) is 33.8. The Labute approximate surface area is 245 Å². The quantitative estimate of drug-likeness (QED) is 0.0704. The Kier molecular flexibility index (Phi) is 18.8. The van der Waals surface area contributed by atoms with E-state index in [1.54, 1.807) is 12.1 Å². The van der Waals surface area contributed by atoms with Gasteiger partial charge in [0.1, 0.15) is 5.75 Å². The van der Waals surface area contributed by atoms with Crippen LogP contribution in [0.15, 0.2) is 48.5 Å². The minimum absolute atomic E-state index is 0.101. The van der Waals surface area contributed by atoms with Gasteiger partial charge in [-0.25, -0.2) is 0 Å². The van der Waals surface area contributed by atoms with Gasteiger partial charge >= 0.3 is 0 Å². The van der Waals surface area contributed by atoms with Gasteiger partial charge in [-0.1, -0.05) is 141 Å². The number of carbonyl (C=O) groups is 2. The summed E-state index contributed by atoms with van der Waals surface area (Å²) >= 11 is 0. The first-order chi connectivity index (χ1) is 19.6. The summed E-state index contributed by atoms with van der Waals surface area (Å²) in [6.07, 6.45) is 24.5. The maximum Gasteiger partial charge on any atom is 0.170 e. The highest BCUT2D eigenvalue weighted by atomic mass is 16.5. The van der Waals surface area contributed by atoms with Gasteiger partial charge in [-0.05, 0) is 49.1 Å². The third kappa shape index (κ3) is 15.4. The molecule has 0 heterocycles. The van der Waals surface area contributed by atoms with Crippen molar-refractivity contribution >= 4 is 11.6 Å². The van der Waals surface area contributed by atoms with Crippen LogP contribution in [0.3, 0.4) is 0 Å². The smallest absolute Gasteiger partial charge is 0.170 e. The fourth-order valence-corrected chi connectivity index (χ4v) is 5.19. The van der Waals surface area contributed by atoms with Gasteiger partial charge in [0.2, 0.25) is 0 Å². The number of aryl methyl sites for hydroxylation is 1. The van der Waals surface area contributed by atoms with Crippen molar-refractivity contribution in [3.63, 3.8) is 0 Å². The Hall–Kier alpha value is -2.42. The van der Waals surface area contributed by atoms with Crippen LogP contribution >= 0.6 is 0 Å². The van der Waals surface area contributed by atoms with Crippen LogP contribution in [0.25, 0.3) is 0 Å². The molecule has 0 bridgehead atoms. The number of benzene rings is 2. The average Bonchev–Trinajstić information content (AvgIpc) is 2.98. The summed E-state index contributed by atoms with van der Waals surface area (Å²) in [5.74, 6) is 0.518. The van der Waals surface area contributed by atoms with Gasteiger partial charge in [0, 0.05) is 11.1 Å². The zero-order valence-electron chi connectivity index (χ0n) is 25.7. The Morgan fingerprint density at radius 3 is 1.38 bits per heavy atom. The summed E-state index contributed by atoms with van der Waals surface area (Å²) in [4.78, 5) is 25.4. The van der Waals surface area contributed by atoms with Gasteiger partial charge < -0.3 is 4.74 Å². The molecule has 0 aliphatic carbocycles. The largest absolute Gasteiger partial charge is 0.494 e. The van der Waals surface area contributed by atoms with Crippen LogP contribution in [0.5, 0.6) is 5.75 Å². The van der Waals surface area contributed by atoms with Crippen molar-refractivity contribution in [1.82, 2.24) is 0 Å². The highest BCUT2D eigenvalue weighted by Gasteiger charge is 2.14. The number of ether oxygens (including phenoxy) is 1. The third-order valence-corrected chi connectivity index (χ3v) is 7.86. The van der Waals surface area contributed by atoms with Crippen molar-refractivity contribution in [3.05, 3.63) is 65.2 Å². The molecule has 0 fully saturated rings. The predicted molar refractivity (Wildman–Crippen MR) is 170 cm³/mol. The fourth-order valence-electron chi connectivity index (χ4n) is 5.19. The highest BCUT2D eigenvalue weighted by molar-refractivity contribution is 6.13. The van der Waals surface area contributed by atoms with Gasteiger partial charge in [0.15, 0.2) is 11.6 Å². The van der Waals surface area contributed by atoms with E-state index in [9.17, 15) is 9.59 Å². The van der Waals surface area contributed by atoms with Crippen molar-refractivity contribution < 1.29 is 14.3 Å². The van der Waals surface area contributed by atoms with Gasteiger partial charge in [0.25, 0.3) is 0 Å². The highest BCUT2D eigenvalue weighted by Crippen LogP contribution is 2.17. The third-order valence-electron chi connectivity index (χ3n) is 7.86. The lowest BCUT2D eigenvalue weighted by molar-refractivity contribution is 0.0894. The van der Waals surface area contributed by atoms with E-state index in [2.05, 4.69) is 13.8 Å². The first-order valence-corrected chi connectivity index (χ1v) is 16.5. The lowest BCUT2D eigenvalue weighted by atomic mass is 9.99. The molecule has 0 N–H and O–H groups in total. The van der Waals surface area contributed by atoms with Gasteiger partial charge in [-0.2, -0.15) is 0 Å². The molecule has 222 valence electrons. The summed E-state index contributed by atoms with van der Waals surface area (Å²) in [6.45, 7) is 5.22.